The summed E-state index contributed by atoms with van der Waals surface area (Å²) in [4.78, 5) is 2.67. The van der Waals surface area contributed by atoms with Crippen LogP contribution in [0.2, 0.25) is 0 Å². The molecule has 0 saturated carbocycles. The van der Waals surface area contributed by atoms with Gasteiger partial charge in [-0.25, -0.2) is 0 Å². The van der Waals surface area contributed by atoms with Crippen LogP contribution in [0.3, 0.4) is 0 Å². The van der Waals surface area contributed by atoms with Crippen molar-refractivity contribution in [3.63, 3.8) is 0 Å². The van der Waals surface area contributed by atoms with Crippen LogP contribution < -0.4 is 5.32 Å². The van der Waals surface area contributed by atoms with Crippen molar-refractivity contribution in [2.24, 2.45) is 5.41 Å². The van der Waals surface area contributed by atoms with E-state index < -0.39 is 0 Å². The molecule has 2 nitrogen and oxygen atoms in total. The second kappa shape index (κ2) is 6.50. The van der Waals surface area contributed by atoms with E-state index in [1.54, 1.807) is 0 Å². The molecule has 2 unspecified atom stereocenters. The van der Waals surface area contributed by atoms with E-state index in [0.717, 1.165) is 19.6 Å². The van der Waals surface area contributed by atoms with E-state index in [4.69, 9.17) is 0 Å². The highest BCUT2D eigenvalue weighted by Crippen LogP contribution is 2.25. The van der Waals surface area contributed by atoms with Crippen molar-refractivity contribution >= 4 is 0 Å². The van der Waals surface area contributed by atoms with Crippen LogP contribution in [0.5, 0.6) is 0 Å². The van der Waals surface area contributed by atoms with Crippen molar-refractivity contribution in [3.05, 3.63) is 34.9 Å². The number of rotatable bonds is 2. The fraction of sp³-hybridized carbons (Fsp3) is 0.684. The zero-order valence-corrected chi connectivity index (χ0v) is 14.7. The van der Waals surface area contributed by atoms with E-state index in [9.17, 15) is 0 Å². The lowest BCUT2D eigenvalue weighted by atomic mass is 9.86. The maximum atomic E-state index is 3.76. The Morgan fingerprint density at radius 1 is 1.19 bits per heavy atom. The summed E-state index contributed by atoms with van der Waals surface area (Å²) in [5.74, 6) is 0. The Kier molecular flexibility index (Phi) is 5.11. The van der Waals surface area contributed by atoms with Crippen LogP contribution in [0.15, 0.2) is 18.2 Å². The van der Waals surface area contributed by atoms with Crippen LogP contribution in [-0.4, -0.2) is 30.1 Å². The minimum Gasteiger partial charge on any atom is -0.312 e. The summed E-state index contributed by atoms with van der Waals surface area (Å²) in [6, 6.07) is 7.85. The first-order chi connectivity index (χ1) is 9.79. The van der Waals surface area contributed by atoms with Gasteiger partial charge in [-0.3, -0.25) is 4.90 Å². The second-order valence-corrected chi connectivity index (χ2v) is 7.81. The van der Waals surface area contributed by atoms with Gasteiger partial charge in [0.2, 0.25) is 0 Å². The number of benzene rings is 1. The predicted molar refractivity (Wildman–Crippen MR) is 91.7 cm³/mol. The first-order valence-electron chi connectivity index (χ1n) is 8.31. The number of nitrogens with zero attached hydrogens (tertiary/aromatic N) is 1. The largest absolute Gasteiger partial charge is 0.312 e. The molecular weight excluding hydrogens is 256 g/mol. The topological polar surface area (TPSA) is 15.3 Å². The Morgan fingerprint density at radius 3 is 2.38 bits per heavy atom. The zero-order chi connectivity index (χ0) is 15.6. The summed E-state index contributed by atoms with van der Waals surface area (Å²) in [5, 5.41) is 3.76. The molecule has 0 aromatic heterocycles. The summed E-state index contributed by atoms with van der Waals surface area (Å²) in [6.07, 6.45) is 1.23. The molecule has 0 amide bonds. The molecule has 0 bridgehead atoms. The summed E-state index contributed by atoms with van der Waals surface area (Å²) in [5.41, 5.74) is 4.67. The molecule has 21 heavy (non-hydrogen) atoms. The van der Waals surface area contributed by atoms with Crippen molar-refractivity contribution in [2.45, 2.75) is 66.6 Å². The Balaban J connectivity index is 2.19. The molecular formula is C19H32N2. The maximum Gasteiger partial charge on any atom is 0.0243 e. The van der Waals surface area contributed by atoms with Crippen molar-refractivity contribution in [1.29, 1.82) is 0 Å². The third-order valence-electron chi connectivity index (χ3n) is 5.04. The van der Waals surface area contributed by atoms with Crippen molar-refractivity contribution < 1.29 is 0 Å². The predicted octanol–water partition coefficient (Wildman–Crippen LogP) is 3.90. The van der Waals surface area contributed by atoms with Gasteiger partial charge in [-0.05, 0) is 55.8 Å². The molecule has 1 aromatic rings. The van der Waals surface area contributed by atoms with Crippen LogP contribution in [0.4, 0.5) is 0 Å². The lowest BCUT2D eigenvalue weighted by molar-refractivity contribution is 0.157. The molecule has 0 radical (unpaired) electrons. The van der Waals surface area contributed by atoms with Crippen LogP contribution in [0.1, 0.15) is 50.8 Å². The van der Waals surface area contributed by atoms with E-state index in [2.05, 4.69) is 70.0 Å². The van der Waals surface area contributed by atoms with Crippen LogP contribution in [-0.2, 0) is 6.54 Å². The smallest absolute Gasteiger partial charge is 0.0243 e. The number of aryl methyl sites for hydroxylation is 2. The summed E-state index contributed by atoms with van der Waals surface area (Å²) in [6.45, 7) is 17.2. The Labute approximate surface area is 130 Å². The van der Waals surface area contributed by atoms with Gasteiger partial charge in [0.15, 0.2) is 0 Å². The molecule has 1 aliphatic rings. The highest BCUT2D eigenvalue weighted by molar-refractivity contribution is 5.33. The molecule has 2 atom stereocenters. The highest BCUT2D eigenvalue weighted by Gasteiger charge is 2.30. The minimum absolute atomic E-state index is 0.309. The molecule has 0 spiro atoms. The first-order valence-corrected chi connectivity index (χ1v) is 8.31. The van der Waals surface area contributed by atoms with Crippen LogP contribution in [0, 0.1) is 19.3 Å². The maximum absolute atomic E-state index is 3.76. The minimum atomic E-state index is 0.309. The zero-order valence-electron chi connectivity index (χ0n) is 14.7. The average Bonchev–Trinajstić information content (AvgIpc) is 2.56. The van der Waals surface area contributed by atoms with Gasteiger partial charge < -0.3 is 5.32 Å². The van der Waals surface area contributed by atoms with Crippen LogP contribution in [0.25, 0.3) is 0 Å². The number of hydrogen-bond acceptors (Lipinski definition) is 2. The summed E-state index contributed by atoms with van der Waals surface area (Å²) in [7, 11) is 0. The fourth-order valence-corrected chi connectivity index (χ4v) is 3.23. The molecule has 1 saturated heterocycles. The molecule has 118 valence electrons. The standard InChI is InChI=1S/C19H32N2/c1-14-8-7-9-15(2)17(14)12-21-13-18(19(4,5)6)20-11-10-16(21)3/h7-9,16,18,20H,10-13H2,1-6H3. The van der Waals surface area contributed by atoms with Gasteiger partial charge in [-0.15, -0.1) is 0 Å². The van der Waals surface area contributed by atoms with Gasteiger partial charge in [0.1, 0.15) is 0 Å². The van der Waals surface area contributed by atoms with Crippen molar-refractivity contribution in [1.82, 2.24) is 10.2 Å². The summed E-state index contributed by atoms with van der Waals surface area (Å²) >= 11 is 0. The highest BCUT2D eigenvalue weighted by atomic mass is 15.2. The van der Waals surface area contributed by atoms with Crippen LogP contribution >= 0.6 is 0 Å². The fourth-order valence-electron chi connectivity index (χ4n) is 3.23. The number of hydrogen-bond donors (Lipinski definition) is 1. The molecule has 0 aliphatic carbocycles. The van der Waals surface area contributed by atoms with Gasteiger partial charge >= 0.3 is 0 Å². The number of nitrogens with one attached hydrogen (secondary N) is 1. The Hall–Kier alpha value is -0.860. The van der Waals surface area contributed by atoms with Gasteiger partial charge in [-0.2, -0.15) is 0 Å². The van der Waals surface area contributed by atoms with E-state index in [1.807, 2.05) is 0 Å². The Morgan fingerprint density at radius 2 is 1.81 bits per heavy atom. The van der Waals surface area contributed by atoms with E-state index in [0.29, 0.717) is 17.5 Å². The third-order valence-corrected chi connectivity index (χ3v) is 5.04. The van der Waals surface area contributed by atoms with Gasteiger partial charge in [0.25, 0.3) is 0 Å². The van der Waals surface area contributed by atoms with E-state index in [-0.39, 0.29) is 0 Å². The summed E-state index contributed by atoms with van der Waals surface area (Å²) < 4.78 is 0. The monoisotopic (exact) mass is 288 g/mol. The lowest BCUT2D eigenvalue weighted by Crippen LogP contribution is -2.47. The Bertz CT molecular complexity index is 453. The third kappa shape index (κ3) is 4.08. The molecule has 1 aromatic carbocycles. The van der Waals surface area contributed by atoms with E-state index in [1.165, 1.54) is 23.1 Å². The molecule has 2 heteroatoms. The SMILES string of the molecule is Cc1cccc(C)c1CN1CC(C(C)(C)C)NCCC1C. The van der Waals surface area contributed by atoms with Gasteiger partial charge in [0.05, 0.1) is 0 Å². The van der Waals surface area contributed by atoms with Crippen molar-refractivity contribution in [2.75, 3.05) is 13.1 Å². The molecule has 1 N–H and O–H groups in total. The van der Waals surface area contributed by atoms with Gasteiger partial charge in [-0.1, -0.05) is 39.0 Å². The lowest BCUT2D eigenvalue weighted by Gasteiger charge is -2.35. The molecule has 1 fully saturated rings. The quantitative estimate of drug-likeness (QED) is 0.888. The second-order valence-electron chi connectivity index (χ2n) is 7.81. The average molecular weight is 288 g/mol. The molecule has 1 heterocycles. The first kappa shape index (κ1) is 16.5. The van der Waals surface area contributed by atoms with E-state index >= 15 is 0 Å². The normalized spacial score (nSPS) is 24.9. The molecule has 2 rings (SSSR count). The van der Waals surface area contributed by atoms with Crippen molar-refractivity contribution in [3.8, 4) is 0 Å². The molecule has 1 aliphatic heterocycles. The van der Waals surface area contributed by atoms with Gasteiger partial charge in [0, 0.05) is 25.2 Å².